The molecule has 0 saturated carbocycles. The zero-order valence-electron chi connectivity index (χ0n) is 6.83. The highest BCUT2D eigenvalue weighted by Crippen LogP contribution is 2.24. The Hall–Kier alpha value is -0.540. The van der Waals surface area contributed by atoms with Gasteiger partial charge in [0.05, 0.1) is 11.1 Å². The molecule has 1 aromatic rings. The second kappa shape index (κ2) is 4.48. The fourth-order valence-corrected chi connectivity index (χ4v) is 1.17. The van der Waals surface area contributed by atoms with Crippen molar-refractivity contribution in [2.24, 2.45) is 0 Å². The zero-order chi connectivity index (χ0) is 8.97. The minimum absolute atomic E-state index is 0.0291. The molecule has 1 atom stereocenters. The summed E-state index contributed by atoms with van der Waals surface area (Å²) in [5, 5.41) is 8.75. The molecular formula is C9H11BrO2. The summed E-state index contributed by atoms with van der Waals surface area (Å²) in [6.07, 6.45) is -0.163. The Balaban J connectivity index is 2.69. The first-order valence-corrected chi connectivity index (χ1v) is 4.55. The quantitative estimate of drug-likeness (QED) is 0.864. The number of hydrogen-bond acceptors (Lipinski definition) is 2. The lowest BCUT2D eigenvalue weighted by Gasteiger charge is -2.12. The number of benzene rings is 1. The van der Waals surface area contributed by atoms with Gasteiger partial charge in [0, 0.05) is 0 Å². The summed E-state index contributed by atoms with van der Waals surface area (Å²) in [5.41, 5.74) is 0. The van der Waals surface area contributed by atoms with E-state index >= 15 is 0 Å². The van der Waals surface area contributed by atoms with Crippen molar-refractivity contribution in [1.82, 2.24) is 0 Å². The molecule has 1 aromatic carbocycles. The molecule has 0 amide bonds. The summed E-state index contributed by atoms with van der Waals surface area (Å²) >= 11 is 3.35. The van der Waals surface area contributed by atoms with Gasteiger partial charge in [-0.1, -0.05) is 12.1 Å². The third-order valence-corrected chi connectivity index (χ3v) is 2.08. The molecule has 3 heteroatoms. The number of aliphatic hydroxyl groups excluding tert-OH is 1. The van der Waals surface area contributed by atoms with Gasteiger partial charge in [-0.3, -0.25) is 0 Å². The Morgan fingerprint density at radius 2 is 2.17 bits per heavy atom. The molecule has 0 saturated heterocycles. The largest absolute Gasteiger partial charge is 0.487 e. The van der Waals surface area contributed by atoms with E-state index in [9.17, 15) is 0 Å². The Morgan fingerprint density at radius 3 is 2.75 bits per heavy atom. The highest BCUT2D eigenvalue weighted by atomic mass is 79.9. The monoisotopic (exact) mass is 230 g/mol. The number of para-hydroxylation sites is 1. The first-order valence-electron chi connectivity index (χ1n) is 3.76. The minimum atomic E-state index is -0.163. The van der Waals surface area contributed by atoms with Gasteiger partial charge < -0.3 is 9.84 Å². The molecule has 0 aliphatic carbocycles. The molecule has 0 radical (unpaired) electrons. The van der Waals surface area contributed by atoms with Crippen LogP contribution >= 0.6 is 15.9 Å². The van der Waals surface area contributed by atoms with E-state index in [1.165, 1.54) is 0 Å². The Morgan fingerprint density at radius 1 is 1.50 bits per heavy atom. The molecule has 0 aliphatic rings. The molecule has 1 unspecified atom stereocenters. The normalized spacial score (nSPS) is 12.6. The standard InChI is InChI=1S/C9H11BrO2/c1-7(6-11)12-9-5-3-2-4-8(9)10/h2-5,7,11H,6H2,1H3. The third-order valence-electron chi connectivity index (χ3n) is 1.42. The van der Waals surface area contributed by atoms with Crippen LogP contribution in [-0.4, -0.2) is 17.8 Å². The van der Waals surface area contributed by atoms with Crippen LogP contribution in [0.15, 0.2) is 28.7 Å². The zero-order valence-corrected chi connectivity index (χ0v) is 8.41. The summed E-state index contributed by atoms with van der Waals surface area (Å²) in [4.78, 5) is 0. The first kappa shape index (κ1) is 9.55. The summed E-state index contributed by atoms with van der Waals surface area (Å²) in [7, 11) is 0. The summed E-state index contributed by atoms with van der Waals surface area (Å²) in [6, 6.07) is 7.57. The van der Waals surface area contributed by atoms with Crippen LogP contribution in [0.3, 0.4) is 0 Å². The van der Waals surface area contributed by atoms with E-state index in [0.29, 0.717) is 0 Å². The van der Waals surface area contributed by atoms with Gasteiger partial charge in [0.25, 0.3) is 0 Å². The first-order chi connectivity index (χ1) is 5.74. The lowest BCUT2D eigenvalue weighted by Crippen LogP contribution is -2.16. The highest BCUT2D eigenvalue weighted by molar-refractivity contribution is 9.10. The smallest absolute Gasteiger partial charge is 0.134 e. The maximum atomic E-state index is 8.75. The Kier molecular flexibility index (Phi) is 3.56. The number of halogens is 1. The van der Waals surface area contributed by atoms with Gasteiger partial charge in [0.15, 0.2) is 0 Å². The van der Waals surface area contributed by atoms with E-state index in [2.05, 4.69) is 15.9 Å². The molecule has 0 heterocycles. The molecule has 0 aromatic heterocycles. The molecule has 66 valence electrons. The van der Waals surface area contributed by atoms with Crippen molar-refractivity contribution >= 4 is 15.9 Å². The second-order valence-electron chi connectivity index (χ2n) is 2.54. The third kappa shape index (κ3) is 2.50. The molecule has 12 heavy (non-hydrogen) atoms. The van der Waals surface area contributed by atoms with E-state index in [-0.39, 0.29) is 12.7 Å². The highest BCUT2D eigenvalue weighted by Gasteiger charge is 2.03. The van der Waals surface area contributed by atoms with Crippen LogP contribution in [-0.2, 0) is 0 Å². The lowest BCUT2D eigenvalue weighted by atomic mass is 10.3. The second-order valence-corrected chi connectivity index (χ2v) is 3.40. The van der Waals surface area contributed by atoms with Crippen molar-refractivity contribution in [3.05, 3.63) is 28.7 Å². The van der Waals surface area contributed by atoms with Crippen LogP contribution in [0.2, 0.25) is 0 Å². The Bertz CT molecular complexity index is 250. The van der Waals surface area contributed by atoms with Crippen molar-refractivity contribution in [2.75, 3.05) is 6.61 Å². The SMILES string of the molecule is CC(CO)Oc1ccccc1Br. The summed E-state index contributed by atoms with van der Waals surface area (Å²) in [5.74, 6) is 0.763. The lowest BCUT2D eigenvalue weighted by molar-refractivity contribution is 0.129. The van der Waals surface area contributed by atoms with Crippen molar-refractivity contribution in [3.8, 4) is 5.75 Å². The van der Waals surface area contributed by atoms with Crippen LogP contribution in [0.1, 0.15) is 6.92 Å². The number of rotatable bonds is 3. The number of aliphatic hydroxyl groups is 1. The van der Waals surface area contributed by atoms with Crippen molar-refractivity contribution in [1.29, 1.82) is 0 Å². The van der Waals surface area contributed by atoms with Gasteiger partial charge >= 0.3 is 0 Å². The molecule has 0 aliphatic heterocycles. The van der Waals surface area contributed by atoms with E-state index in [1.807, 2.05) is 31.2 Å². The molecule has 0 bridgehead atoms. The van der Waals surface area contributed by atoms with Crippen molar-refractivity contribution in [2.45, 2.75) is 13.0 Å². The van der Waals surface area contributed by atoms with E-state index in [4.69, 9.17) is 9.84 Å². The molecule has 0 spiro atoms. The number of ether oxygens (including phenoxy) is 1. The van der Waals surface area contributed by atoms with E-state index in [0.717, 1.165) is 10.2 Å². The molecule has 0 fully saturated rings. The van der Waals surface area contributed by atoms with Gasteiger partial charge in [-0.05, 0) is 35.0 Å². The average molecular weight is 231 g/mol. The van der Waals surface area contributed by atoms with Gasteiger partial charge in [-0.2, -0.15) is 0 Å². The number of hydrogen-bond donors (Lipinski definition) is 1. The van der Waals surface area contributed by atoms with Gasteiger partial charge in [0.1, 0.15) is 11.9 Å². The van der Waals surface area contributed by atoms with E-state index < -0.39 is 0 Å². The summed E-state index contributed by atoms with van der Waals surface area (Å²) in [6.45, 7) is 1.85. The molecule has 1 N–H and O–H groups in total. The van der Waals surface area contributed by atoms with Crippen LogP contribution in [0.4, 0.5) is 0 Å². The maximum Gasteiger partial charge on any atom is 0.134 e. The van der Waals surface area contributed by atoms with Crippen LogP contribution < -0.4 is 4.74 Å². The predicted octanol–water partition coefficient (Wildman–Crippen LogP) is 2.21. The minimum Gasteiger partial charge on any atom is -0.487 e. The van der Waals surface area contributed by atoms with Crippen LogP contribution in [0.25, 0.3) is 0 Å². The summed E-state index contributed by atoms with van der Waals surface area (Å²) < 4.78 is 6.31. The van der Waals surface area contributed by atoms with Crippen LogP contribution in [0, 0.1) is 0 Å². The average Bonchev–Trinajstić information content (AvgIpc) is 2.09. The Labute approximate surface area is 80.3 Å². The fourth-order valence-electron chi connectivity index (χ4n) is 0.794. The van der Waals surface area contributed by atoms with E-state index in [1.54, 1.807) is 0 Å². The van der Waals surface area contributed by atoms with Gasteiger partial charge in [-0.15, -0.1) is 0 Å². The fraction of sp³-hybridized carbons (Fsp3) is 0.333. The van der Waals surface area contributed by atoms with Crippen LogP contribution in [0.5, 0.6) is 5.75 Å². The van der Waals surface area contributed by atoms with Crippen molar-refractivity contribution in [3.63, 3.8) is 0 Å². The maximum absolute atomic E-state index is 8.75. The topological polar surface area (TPSA) is 29.5 Å². The van der Waals surface area contributed by atoms with Crippen molar-refractivity contribution < 1.29 is 9.84 Å². The molecule has 2 nitrogen and oxygen atoms in total. The molecular weight excluding hydrogens is 220 g/mol. The van der Waals surface area contributed by atoms with Gasteiger partial charge in [0.2, 0.25) is 0 Å². The van der Waals surface area contributed by atoms with Gasteiger partial charge in [-0.25, -0.2) is 0 Å². The predicted molar refractivity (Wildman–Crippen MR) is 51.3 cm³/mol. The molecule has 1 rings (SSSR count).